The third-order valence-electron chi connectivity index (χ3n) is 1.62. The lowest BCUT2D eigenvalue weighted by molar-refractivity contribution is -0.386. The Morgan fingerprint density at radius 3 is 2.67 bits per heavy atom. The number of pyridine rings is 1. The van der Waals surface area contributed by atoms with E-state index in [4.69, 9.17) is 0 Å². The van der Waals surface area contributed by atoms with E-state index in [0.29, 0.717) is 0 Å². The molecule has 1 rings (SSSR count). The molecule has 0 aliphatic rings. The summed E-state index contributed by atoms with van der Waals surface area (Å²) >= 11 is 4.55. The van der Waals surface area contributed by atoms with Gasteiger partial charge in [-0.2, -0.15) is 0 Å². The summed E-state index contributed by atoms with van der Waals surface area (Å²) in [6, 6.07) is 1.12. The van der Waals surface area contributed by atoms with Crippen molar-refractivity contribution in [3.05, 3.63) is 31.1 Å². The van der Waals surface area contributed by atoms with E-state index < -0.39 is 17.0 Å². The van der Waals surface area contributed by atoms with E-state index in [0.717, 1.165) is 6.07 Å². The maximum Gasteiger partial charge on any atom is 0.301 e. The van der Waals surface area contributed by atoms with Crippen LogP contribution in [0.1, 0.15) is 17.7 Å². The summed E-state index contributed by atoms with van der Waals surface area (Å²) < 4.78 is 24.9. The fourth-order valence-corrected chi connectivity index (χ4v) is 2.02. The molecule has 0 radical (unpaired) electrons. The molecule has 0 aliphatic carbocycles. The number of halogens is 4. The first-order chi connectivity index (χ1) is 6.97. The molecule has 15 heavy (non-hydrogen) atoms. The summed E-state index contributed by atoms with van der Waals surface area (Å²) in [7, 11) is 0. The molecular formula is C7H4BrF2IN2O2. The predicted octanol–water partition coefficient (Wildman–Crippen LogP) is 3.43. The van der Waals surface area contributed by atoms with E-state index in [1.807, 2.05) is 0 Å². The number of hydrogen-bond donors (Lipinski definition) is 0. The van der Waals surface area contributed by atoms with Gasteiger partial charge in [-0.25, -0.2) is 13.8 Å². The SMILES string of the molecule is O=[N+]([O-])c1cc(CBr)c(C(F)F)nc1I. The Balaban J connectivity index is 3.35. The van der Waals surface area contributed by atoms with Gasteiger partial charge in [0.25, 0.3) is 6.43 Å². The van der Waals surface area contributed by atoms with Crippen molar-refractivity contribution in [2.75, 3.05) is 0 Å². The lowest BCUT2D eigenvalue weighted by atomic mass is 10.2. The third kappa shape index (κ3) is 2.80. The number of rotatable bonds is 3. The second-order valence-electron chi connectivity index (χ2n) is 2.53. The molecule has 0 atom stereocenters. The maximum absolute atomic E-state index is 12.5. The van der Waals surface area contributed by atoms with E-state index in [1.54, 1.807) is 22.6 Å². The zero-order valence-corrected chi connectivity index (χ0v) is 10.8. The second kappa shape index (κ2) is 5.10. The molecule has 0 aromatic carbocycles. The molecular weight excluding hydrogens is 389 g/mol. The average Bonchev–Trinajstić information content (AvgIpc) is 2.16. The van der Waals surface area contributed by atoms with Crippen LogP contribution in [0.5, 0.6) is 0 Å². The van der Waals surface area contributed by atoms with Crippen LogP contribution in [0.4, 0.5) is 14.5 Å². The Morgan fingerprint density at radius 2 is 2.27 bits per heavy atom. The molecule has 0 unspecified atom stereocenters. The van der Waals surface area contributed by atoms with Gasteiger partial charge in [-0.05, 0) is 28.2 Å². The Labute approximate surface area is 105 Å². The fourth-order valence-electron chi connectivity index (χ4n) is 0.957. The molecule has 8 heteroatoms. The molecule has 0 aliphatic heterocycles. The largest absolute Gasteiger partial charge is 0.301 e. The monoisotopic (exact) mass is 392 g/mol. The minimum absolute atomic E-state index is 0.0300. The quantitative estimate of drug-likeness (QED) is 0.260. The van der Waals surface area contributed by atoms with Crippen molar-refractivity contribution < 1.29 is 13.7 Å². The Bertz CT molecular complexity index is 403. The first kappa shape index (κ1) is 12.7. The van der Waals surface area contributed by atoms with Crippen LogP contribution in [0.15, 0.2) is 6.07 Å². The molecule has 1 heterocycles. The summed E-state index contributed by atoms with van der Waals surface area (Å²) in [6.45, 7) is 0. The zero-order chi connectivity index (χ0) is 11.6. The highest BCUT2D eigenvalue weighted by Crippen LogP contribution is 2.29. The first-order valence-corrected chi connectivity index (χ1v) is 5.85. The van der Waals surface area contributed by atoms with E-state index in [2.05, 4.69) is 20.9 Å². The van der Waals surface area contributed by atoms with Crippen molar-refractivity contribution in [1.82, 2.24) is 4.98 Å². The van der Waals surface area contributed by atoms with E-state index in [1.165, 1.54) is 0 Å². The summed E-state index contributed by atoms with van der Waals surface area (Å²) in [5.74, 6) is 0. The summed E-state index contributed by atoms with van der Waals surface area (Å²) in [6.07, 6.45) is -2.73. The normalized spacial score (nSPS) is 10.7. The standard InChI is InChI=1S/C7H4BrF2IN2O2/c8-2-3-1-4(13(14)15)7(11)12-5(3)6(9)10/h1,6H,2H2. The molecule has 0 saturated carbocycles. The number of hydrogen-bond acceptors (Lipinski definition) is 3. The zero-order valence-electron chi connectivity index (χ0n) is 7.08. The molecule has 0 N–H and O–H groups in total. The number of aromatic nitrogens is 1. The van der Waals surface area contributed by atoms with Crippen molar-refractivity contribution in [1.29, 1.82) is 0 Å². The molecule has 0 bridgehead atoms. The van der Waals surface area contributed by atoms with Crippen molar-refractivity contribution in [2.24, 2.45) is 0 Å². The minimum Gasteiger partial charge on any atom is -0.258 e. The van der Waals surface area contributed by atoms with Crippen LogP contribution < -0.4 is 0 Å². The lowest BCUT2D eigenvalue weighted by Crippen LogP contribution is -2.03. The van der Waals surface area contributed by atoms with Crippen LogP contribution in [0.2, 0.25) is 0 Å². The van der Waals surface area contributed by atoms with Gasteiger partial charge < -0.3 is 0 Å². The average molecular weight is 393 g/mol. The topological polar surface area (TPSA) is 56.0 Å². The van der Waals surface area contributed by atoms with Crippen LogP contribution >= 0.6 is 38.5 Å². The number of nitrogens with zero attached hydrogens (tertiary/aromatic N) is 2. The number of alkyl halides is 3. The van der Waals surface area contributed by atoms with Gasteiger partial charge in [-0.3, -0.25) is 10.1 Å². The van der Waals surface area contributed by atoms with Gasteiger partial charge in [0.2, 0.25) is 0 Å². The van der Waals surface area contributed by atoms with E-state index in [-0.39, 0.29) is 20.3 Å². The molecule has 0 saturated heterocycles. The summed E-state index contributed by atoms with van der Waals surface area (Å²) in [5, 5.41) is 10.6. The highest BCUT2D eigenvalue weighted by Gasteiger charge is 2.22. The van der Waals surface area contributed by atoms with Gasteiger partial charge in [0.05, 0.1) is 4.92 Å². The minimum atomic E-state index is -2.73. The molecule has 1 aromatic rings. The fraction of sp³-hybridized carbons (Fsp3) is 0.286. The van der Waals surface area contributed by atoms with Crippen LogP contribution in [-0.4, -0.2) is 9.91 Å². The highest BCUT2D eigenvalue weighted by atomic mass is 127. The van der Waals surface area contributed by atoms with Crippen LogP contribution in [0, 0.1) is 13.8 Å². The van der Waals surface area contributed by atoms with Gasteiger partial charge in [0.1, 0.15) is 5.69 Å². The summed E-state index contributed by atoms with van der Waals surface area (Å²) in [4.78, 5) is 13.4. The molecule has 0 fully saturated rings. The van der Waals surface area contributed by atoms with Crippen molar-refractivity contribution in [3.8, 4) is 0 Å². The Morgan fingerprint density at radius 1 is 1.67 bits per heavy atom. The smallest absolute Gasteiger partial charge is 0.258 e. The molecule has 0 spiro atoms. The molecule has 0 amide bonds. The molecule has 82 valence electrons. The predicted molar refractivity (Wildman–Crippen MR) is 61.2 cm³/mol. The maximum atomic E-state index is 12.5. The highest BCUT2D eigenvalue weighted by molar-refractivity contribution is 14.1. The Hall–Kier alpha value is -0.380. The van der Waals surface area contributed by atoms with Crippen molar-refractivity contribution in [2.45, 2.75) is 11.8 Å². The van der Waals surface area contributed by atoms with E-state index in [9.17, 15) is 18.9 Å². The van der Waals surface area contributed by atoms with Gasteiger partial charge in [0.15, 0.2) is 3.70 Å². The van der Waals surface area contributed by atoms with Crippen molar-refractivity contribution >= 4 is 44.2 Å². The first-order valence-electron chi connectivity index (χ1n) is 3.65. The van der Waals surface area contributed by atoms with E-state index >= 15 is 0 Å². The third-order valence-corrected chi connectivity index (χ3v) is 3.02. The van der Waals surface area contributed by atoms with Crippen LogP contribution in [0.25, 0.3) is 0 Å². The number of nitro groups is 1. The second-order valence-corrected chi connectivity index (χ2v) is 4.12. The van der Waals surface area contributed by atoms with Crippen molar-refractivity contribution in [3.63, 3.8) is 0 Å². The Kier molecular flexibility index (Phi) is 4.32. The van der Waals surface area contributed by atoms with Crippen LogP contribution in [-0.2, 0) is 5.33 Å². The lowest BCUT2D eigenvalue weighted by Gasteiger charge is -2.05. The summed E-state index contributed by atoms with van der Waals surface area (Å²) in [5.41, 5.74) is -0.534. The van der Waals surface area contributed by atoms with Gasteiger partial charge >= 0.3 is 5.69 Å². The van der Waals surface area contributed by atoms with Gasteiger partial charge in [0, 0.05) is 11.4 Å². The molecule has 1 aromatic heterocycles. The van der Waals surface area contributed by atoms with Gasteiger partial charge in [-0.1, -0.05) is 15.9 Å². The molecule has 4 nitrogen and oxygen atoms in total. The van der Waals surface area contributed by atoms with Crippen LogP contribution in [0.3, 0.4) is 0 Å². The van der Waals surface area contributed by atoms with Gasteiger partial charge in [-0.15, -0.1) is 0 Å².